The van der Waals surface area contributed by atoms with Gasteiger partial charge in [0, 0.05) is 17.8 Å². The molecule has 0 aliphatic rings. The minimum absolute atomic E-state index is 0.0351. The van der Waals surface area contributed by atoms with Crippen LogP contribution < -0.4 is 10.6 Å². The molecule has 0 saturated heterocycles. The van der Waals surface area contributed by atoms with Gasteiger partial charge in [0.2, 0.25) is 0 Å². The van der Waals surface area contributed by atoms with E-state index in [9.17, 15) is 8.42 Å². The highest BCUT2D eigenvalue weighted by atomic mass is 32.2. The van der Waals surface area contributed by atoms with Gasteiger partial charge >= 0.3 is 0 Å². The topological polar surface area (TPSA) is 70.6 Å². The summed E-state index contributed by atoms with van der Waals surface area (Å²) in [6.45, 7) is 7.96. The molecule has 0 amide bonds. The molecule has 0 saturated carbocycles. The third-order valence-electron chi connectivity index (χ3n) is 3.28. The fraction of sp³-hybridized carbons (Fsp3) is 0.562. The number of hydrogen-bond donors (Lipinski definition) is 2. The van der Waals surface area contributed by atoms with Gasteiger partial charge in [-0.25, -0.2) is 8.42 Å². The first-order chi connectivity index (χ1) is 10.8. The second-order valence-electron chi connectivity index (χ2n) is 5.72. The molecule has 130 valence electrons. The molecule has 7 heteroatoms. The Morgan fingerprint density at radius 1 is 1.22 bits per heavy atom. The van der Waals surface area contributed by atoms with E-state index in [1.165, 1.54) is 0 Å². The molecule has 0 fully saturated rings. The number of aliphatic imine (C=N–C) groups is 1. The van der Waals surface area contributed by atoms with Gasteiger partial charge in [0.05, 0.1) is 17.2 Å². The summed E-state index contributed by atoms with van der Waals surface area (Å²) in [6.07, 6.45) is 2.06. The number of sulfone groups is 1. The molecule has 5 nitrogen and oxygen atoms in total. The van der Waals surface area contributed by atoms with E-state index in [0.717, 1.165) is 6.54 Å². The van der Waals surface area contributed by atoms with Crippen LogP contribution in [-0.2, 0) is 9.84 Å². The molecule has 1 aromatic rings. The number of nitrogens with one attached hydrogen (secondary N) is 2. The van der Waals surface area contributed by atoms with Gasteiger partial charge in [0.1, 0.15) is 0 Å². The van der Waals surface area contributed by atoms with Crippen LogP contribution in [0.5, 0.6) is 0 Å². The average Bonchev–Trinajstić information content (AvgIpc) is 2.53. The number of benzene rings is 1. The molecule has 0 aliphatic carbocycles. The number of nitrogens with zero attached hydrogens (tertiary/aromatic N) is 1. The predicted octanol–water partition coefficient (Wildman–Crippen LogP) is 2.16. The standard InChI is InChI=1S/C16H27N3O2S2/c1-5-17-15(19-13-16(2,3)22-4)18-11-12-23(20,21)14-9-7-6-8-10-14/h6-10H,5,11-13H2,1-4H3,(H2,17,18,19). The van der Waals surface area contributed by atoms with E-state index in [0.29, 0.717) is 23.9 Å². The van der Waals surface area contributed by atoms with Crippen molar-refractivity contribution in [1.82, 2.24) is 10.6 Å². The van der Waals surface area contributed by atoms with E-state index in [4.69, 9.17) is 0 Å². The molecule has 0 bridgehead atoms. The fourth-order valence-corrected chi connectivity index (χ4v) is 3.10. The summed E-state index contributed by atoms with van der Waals surface area (Å²) in [5, 5.41) is 6.23. The van der Waals surface area contributed by atoms with Gasteiger partial charge in [0.25, 0.3) is 0 Å². The first-order valence-corrected chi connectivity index (χ1v) is 10.5. The molecule has 1 rings (SSSR count). The maximum Gasteiger partial charge on any atom is 0.191 e. The molecule has 23 heavy (non-hydrogen) atoms. The van der Waals surface area contributed by atoms with Gasteiger partial charge in [-0.2, -0.15) is 11.8 Å². The third kappa shape index (κ3) is 7.26. The molecule has 0 aromatic heterocycles. The molecule has 0 heterocycles. The molecule has 2 N–H and O–H groups in total. The molecule has 0 radical (unpaired) electrons. The molecular formula is C16H27N3O2S2. The Bertz CT molecular complexity index is 599. The van der Waals surface area contributed by atoms with Crippen molar-refractivity contribution in [3.63, 3.8) is 0 Å². The number of hydrogen-bond acceptors (Lipinski definition) is 4. The van der Waals surface area contributed by atoms with Gasteiger partial charge in [0.15, 0.2) is 15.8 Å². The van der Waals surface area contributed by atoms with E-state index in [-0.39, 0.29) is 10.5 Å². The number of thioether (sulfide) groups is 1. The first kappa shape index (κ1) is 19.8. The van der Waals surface area contributed by atoms with Gasteiger partial charge < -0.3 is 10.6 Å². The monoisotopic (exact) mass is 357 g/mol. The highest BCUT2D eigenvalue weighted by Crippen LogP contribution is 2.20. The Labute approximate surface area is 144 Å². The Balaban J connectivity index is 2.61. The molecular weight excluding hydrogens is 330 g/mol. The Kier molecular flexibility index (Phi) is 7.91. The van der Waals surface area contributed by atoms with E-state index in [1.54, 1.807) is 42.1 Å². The summed E-state index contributed by atoms with van der Waals surface area (Å²) < 4.78 is 24.5. The lowest BCUT2D eigenvalue weighted by molar-refractivity contribution is 0.594. The van der Waals surface area contributed by atoms with E-state index in [1.807, 2.05) is 6.92 Å². The van der Waals surface area contributed by atoms with Crippen molar-refractivity contribution >= 4 is 27.6 Å². The Morgan fingerprint density at radius 2 is 1.87 bits per heavy atom. The SMILES string of the molecule is CCNC(=NCC(C)(C)SC)NCCS(=O)(=O)c1ccccc1. The van der Waals surface area contributed by atoms with Crippen LogP contribution in [0, 0.1) is 0 Å². The van der Waals surface area contributed by atoms with E-state index < -0.39 is 9.84 Å². The zero-order valence-corrected chi connectivity index (χ0v) is 15.9. The van der Waals surface area contributed by atoms with Crippen molar-refractivity contribution in [3.05, 3.63) is 30.3 Å². The number of rotatable bonds is 8. The van der Waals surface area contributed by atoms with Crippen LogP contribution in [0.1, 0.15) is 20.8 Å². The summed E-state index contributed by atoms with van der Waals surface area (Å²) in [5.74, 6) is 0.686. The highest BCUT2D eigenvalue weighted by Gasteiger charge is 2.16. The Morgan fingerprint density at radius 3 is 2.43 bits per heavy atom. The minimum atomic E-state index is -3.27. The summed E-state index contributed by atoms with van der Waals surface area (Å²) in [5.41, 5.74) is 0. The van der Waals surface area contributed by atoms with Gasteiger partial charge in [-0.05, 0) is 39.2 Å². The second-order valence-corrected chi connectivity index (χ2v) is 9.34. The maximum absolute atomic E-state index is 12.2. The predicted molar refractivity (Wildman–Crippen MR) is 100 cm³/mol. The van der Waals surface area contributed by atoms with Crippen LogP contribution in [0.15, 0.2) is 40.2 Å². The summed E-state index contributed by atoms with van der Waals surface area (Å²) in [7, 11) is -3.27. The van der Waals surface area contributed by atoms with Crippen molar-refractivity contribution in [2.75, 3.05) is 31.6 Å². The highest BCUT2D eigenvalue weighted by molar-refractivity contribution is 7.99. The first-order valence-electron chi connectivity index (χ1n) is 7.66. The fourth-order valence-electron chi connectivity index (χ4n) is 1.73. The average molecular weight is 358 g/mol. The second kappa shape index (κ2) is 9.17. The Hall–Kier alpha value is -1.21. The summed E-state index contributed by atoms with van der Waals surface area (Å²) >= 11 is 1.75. The molecule has 0 spiro atoms. The molecule has 1 aromatic carbocycles. The van der Waals surface area contributed by atoms with Crippen molar-refractivity contribution in [1.29, 1.82) is 0 Å². The normalized spacial score (nSPS) is 13.0. The summed E-state index contributed by atoms with van der Waals surface area (Å²) in [6, 6.07) is 8.51. The smallest absolute Gasteiger partial charge is 0.191 e. The third-order valence-corrected chi connectivity index (χ3v) is 6.25. The summed E-state index contributed by atoms with van der Waals surface area (Å²) in [4.78, 5) is 4.88. The van der Waals surface area contributed by atoms with Crippen molar-refractivity contribution in [2.24, 2.45) is 4.99 Å². The van der Waals surface area contributed by atoms with Crippen LogP contribution in [0.25, 0.3) is 0 Å². The van der Waals surface area contributed by atoms with Crippen molar-refractivity contribution in [2.45, 2.75) is 30.4 Å². The number of guanidine groups is 1. The van der Waals surface area contributed by atoms with Crippen LogP contribution in [0.2, 0.25) is 0 Å². The zero-order chi connectivity index (χ0) is 17.3. The lowest BCUT2D eigenvalue weighted by Gasteiger charge is -2.20. The zero-order valence-electron chi connectivity index (χ0n) is 14.3. The van der Waals surface area contributed by atoms with Gasteiger partial charge in [-0.15, -0.1) is 0 Å². The van der Waals surface area contributed by atoms with Crippen LogP contribution >= 0.6 is 11.8 Å². The van der Waals surface area contributed by atoms with Crippen LogP contribution in [0.4, 0.5) is 0 Å². The largest absolute Gasteiger partial charge is 0.357 e. The van der Waals surface area contributed by atoms with E-state index >= 15 is 0 Å². The lowest BCUT2D eigenvalue weighted by Crippen LogP contribution is -2.40. The van der Waals surface area contributed by atoms with E-state index in [2.05, 4.69) is 35.7 Å². The van der Waals surface area contributed by atoms with Gasteiger partial charge in [-0.1, -0.05) is 18.2 Å². The minimum Gasteiger partial charge on any atom is -0.357 e. The quantitative estimate of drug-likeness (QED) is 0.551. The van der Waals surface area contributed by atoms with Crippen molar-refractivity contribution in [3.8, 4) is 0 Å². The lowest BCUT2D eigenvalue weighted by atomic mass is 10.2. The molecule has 0 atom stereocenters. The van der Waals surface area contributed by atoms with Crippen molar-refractivity contribution < 1.29 is 8.42 Å². The van der Waals surface area contributed by atoms with Crippen LogP contribution in [0.3, 0.4) is 0 Å². The molecule has 0 unspecified atom stereocenters. The van der Waals surface area contributed by atoms with Crippen LogP contribution in [-0.4, -0.2) is 50.8 Å². The van der Waals surface area contributed by atoms with Gasteiger partial charge in [-0.3, -0.25) is 4.99 Å². The molecule has 0 aliphatic heterocycles. The maximum atomic E-state index is 12.2.